The lowest BCUT2D eigenvalue weighted by Crippen LogP contribution is -2.58. The molecule has 0 spiro atoms. The van der Waals surface area contributed by atoms with Gasteiger partial charge in [0.15, 0.2) is 0 Å². The highest BCUT2D eigenvalue weighted by Crippen LogP contribution is 2.45. The maximum Gasteiger partial charge on any atom is 0.410 e. The zero-order chi connectivity index (χ0) is 36.5. The maximum absolute atomic E-state index is 14.0. The van der Waals surface area contributed by atoms with Crippen molar-refractivity contribution in [2.45, 2.75) is 113 Å². The first-order chi connectivity index (χ1) is 24.3. The summed E-state index contributed by atoms with van der Waals surface area (Å²) in [5, 5.41) is 4.34. The Kier molecular flexibility index (Phi) is 10.5. The Balaban J connectivity index is 1.26. The normalized spacial score (nSPS) is 29.2. The molecule has 5 aliphatic rings. The number of benzene rings is 1. The summed E-state index contributed by atoms with van der Waals surface area (Å²) in [6.45, 7) is 3.90. The number of hydrogen-bond donors (Lipinski definition) is 3. The van der Waals surface area contributed by atoms with Crippen LogP contribution in [0.4, 0.5) is 13.6 Å². The van der Waals surface area contributed by atoms with Gasteiger partial charge in [0.05, 0.1) is 18.3 Å². The van der Waals surface area contributed by atoms with Crippen molar-refractivity contribution in [3.63, 3.8) is 0 Å². The molecule has 0 radical (unpaired) electrons. The maximum atomic E-state index is 14.0. The number of alkyl halides is 2. The topological polar surface area (TPSA) is 171 Å². The lowest BCUT2D eigenvalue weighted by Gasteiger charge is -2.29. The van der Waals surface area contributed by atoms with Crippen LogP contribution in [0.15, 0.2) is 36.9 Å². The van der Waals surface area contributed by atoms with Crippen LogP contribution >= 0.6 is 0 Å². The second kappa shape index (κ2) is 14.7. The van der Waals surface area contributed by atoms with Gasteiger partial charge in [-0.15, -0.1) is 6.58 Å². The Morgan fingerprint density at radius 2 is 1.92 bits per heavy atom. The van der Waals surface area contributed by atoms with Crippen LogP contribution in [0.1, 0.15) is 80.9 Å². The highest BCUT2D eigenvalue weighted by atomic mass is 32.2. The molecule has 3 N–H and O–H groups in total. The Morgan fingerprint density at radius 1 is 1.14 bits per heavy atom. The van der Waals surface area contributed by atoms with Gasteiger partial charge in [0.1, 0.15) is 23.7 Å². The van der Waals surface area contributed by atoms with Crippen molar-refractivity contribution >= 4 is 45.8 Å². The fourth-order valence-corrected chi connectivity index (χ4v) is 8.51. The summed E-state index contributed by atoms with van der Waals surface area (Å²) in [7, 11) is -3.96. The molecule has 4 bridgehead atoms. The molecule has 51 heavy (non-hydrogen) atoms. The first-order valence-corrected chi connectivity index (χ1v) is 19.0. The van der Waals surface area contributed by atoms with Gasteiger partial charge in [-0.05, 0) is 55.2 Å². The van der Waals surface area contributed by atoms with Crippen molar-refractivity contribution in [1.29, 1.82) is 0 Å². The Morgan fingerprint density at radius 3 is 2.63 bits per heavy atom. The average Bonchev–Trinajstić information content (AvgIpc) is 3.97. The smallest absolute Gasteiger partial charge is 0.410 e. The summed E-state index contributed by atoms with van der Waals surface area (Å²) >= 11 is 0. The van der Waals surface area contributed by atoms with E-state index in [1.54, 1.807) is 0 Å². The van der Waals surface area contributed by atoms with Gasteiger partial charge in [-0.1, -0.05) is 42.8 Å². The lowest BCUT2D eigenvalue weighted by atomic mass is 10.0. The van der Waals surface area contributed by atoms with Gasteiger partial charge in [-0.25, -0.2) is 22.0 Å². The quantitative estimate of drug-likeness (QED) is 0.343. The number of allylic oxidation sites excluding steroid dienone is 1. The number of ether oxygens (including phenoxy) is 1. The predicted octanol–water partition coefficient (Wildman–Crippen LogP) is 2.89. The largest absolute Gasteiger partial charge is 0.444 e. The van der Waals surface area contributed by atoms with Gasteiger partial charge in [-0.2, -0.15) is 0 Å². The average molecular weight is 732 g/mol. The van der Waals surface area contributed by atoms with E-state index in [0.29, 0.717) is 25.7 Å². The van der Waals surface area contributed by atoms with Gasteiger partial charge < -0.3 is 20.3 Å². The monoisotopic (exact) mass is 731 g/mol. The Hall–Kier alpha value is -4.34. The van der Waals surface area contributed by atoms with Crippen LogP contribution in [0.3, 0.4) is 0 Å². The summed E-state index contributed by atoms with van der Waals surface area (Å²) in [4.78, 5) is 70.1. The van der Waals surface area contributed by atoms with Crippen molar-refractivity contribution in [3.05, 3.63) is 53.6 Å². The summed E-state index contributed by atoms with van der Waals surface area (Å²) in [5.74, 6) is -3.99. The van der Waals surface area contributed by atoms with Crippen LogP contribution in [0.25, 0.3) is 6.08 Å². The zero-order valence-electron chi connectivity index (χ0n) is 28.2. The molecular weight excluding hydrogens is 688 g/mol. The predicted molar refractivity (Wildman–Crippen MR) is 180 cm³/mol. The molecule has 1 aromatic rings. The minimum atomic E-state index is -3.96. The number of nitrogens with zero attached hydrogens (tertiary/aromatic N) is 2. The number of carbonyl (C=O) groups is 5. The van der Waals surface area contributed by atoms with Crippen LogP contribution in [0.5, 0.6) is 0 Å². The van der Waals surface area contributed by atoms with Crippen molar-refractivity contribution < 1.29 is 45.9 Å². The molecule has 2 aliphatic carbocycles. The van der Waals surface area contributed by atoms with Crippen LogP contribution in [-0.4, -0.2) is 89.9 Å². The van der Waals surface area contributed by atoms with Crippen molar-refractivity contribution in [3.8, 4) is 0 Å². The van der Waals surface area contributed by atoms with Crippen LogP contribution < -0.4 is 15.4 Å². The van der Waals surface area contributed by atoms with Gasteiger partial charge in [0.25, 0.3) is 5.91 Å². The van der Waals surface area contributed by atoms with Crippen molar-refractivity contribution in [2.24, 2.45) is 5.92 Å². The van der Waals surface area contributed by atoms with E-state index in [1.807, 2.05) is 30.4 Å². The first kappa shape index (κ1) is 36.5. The third-order valence-electron chi connectivity index (χ3n) is 10.3. The van der Waals surface area contributed by atoms with E-state index in [0.717, 1.165) is 34.4 Å². The SMILES string of the molecule is C=C[C@@H]1C[C@]1(NC(=O)[C@@H]1C[C@@H]2CN1C(=O)[C@H](CC(F)F)NC(=O)CCCCC/C=C/c1cccc3c1CN(C3)C(=O)O2)C(=O)NS(=O)(=O)C1CC1. The molecule has 2 saturated carbocycles. The molecule has 1 saturated heterocycles. The number of halogens is 2. The number of nitrogens with one attached hydrogen (secondary N) is 3. The van der Waals surface area contributed by atoms with E-state index in [-0.39, 0.29) is 38.9 Å². The van der Waals surface area contributed by atoms with Crippen LogP contribution in [0.2, 0.25) is 0 Å². The summed E-state index contributed by atoms with van der Waals surface area (Å²) in [6, 6.07) is 2.72. The molecular formula is C35H43F2N5O8S. The molecule has 0 aromatic heterocycles. The molecule has 6 rings (SSSR count). The van der Waals surface area contributed by atoms with Gasteiger partial charge in [0, 0.05) is 31.7 Å². The number of rotatable bonds is 8. The zero-order valence-corrected chi connectivity index (χ0v) is 29.0. The minimum Gasteiger partial charge on any atom is -0.444 e. The number of fused-ring (bicyclic) bond motifs is 3. The Labute approximate surface area is 295 Å². The summed E-state index contributed by atoms with van der Waals surface area (Å²) in [6.07, 6.45) is 3.06. The van der Waals surface area contributed by atoms with E-state index in [2.05, 4.69) is 21.9 Å². The highest BCUT2D eigenvalue weighted by molar-refractivity contribution is 7.91. The fraction of sp³-hybridized carbons (Fsp3) is 0.571. The van der Waals surface area contributed by atoms with E-state index in [4.69, 9.17) is 4.74 Å². The van der Waals surface area contributed by atoms with Crippen molar-refractivity contribution in [2.75, 3.05) is 6.54 Å². The van der Waals surface area contributed by atoms with E-state index in [9.17, 15) is 41.2 Å². The van der Waals surface area contributed by atoms with Crippen LogP contribution in [-0.2, 0) is 47.0 Å². The van der Waals surface area contributed by atoms with Gasteiger partial charge in [0.2, 0.25) is 34.2 Å². The third kappa shape index (κ3) is 8.10. The second-order valence-electron chi connectivity index (χ2n) is 14.0. The molecule has 3 fully saturated rings. The molecule has 276 valence electrons. The number of sulfonamides is 1. The van der Waals surface area contributed by atoms with E-state index < -0.39 is 87.5 Å². The molecule has 5 amide bonds. The van der Waals surface area contributed by atoms with Gasteiger partial charge >= 0.3 is 6.09 Å². The van der Waals surface area contributed by atoms with E-state index >= 15 is 0 Å². The van der Waals surface area contributed by atoms with Crippen molar-refractivity contribution in [1.82, 2.24) is 25.2 Å². The molecule has 3 heterocycles. The molecule has 1 aromatic carbocycles. The van der Waals surface area contributed by atoms with Gasteiger partial charge in [-0.3, -0.25) is 28.8 Å². The molecule has 0 unspecified atom stereocenters. The second-order valence-corrected chi connectivity index (χ2v) is 16.0. The first-order valence-electron chi connectivity index (χ1n) is 17.4. The fourth-order valence-electron chi connectivity index (χ4n) is 7.15. The molecule has 3 aliphatic heterocycles. The molecule has 13 nitrogen and oxygen atoms in total. The van der Waals surface area contributed by atoms with Crippen LogP contribution in [0, 0.1) is 5.92 Å². The van der Waals surface area contributed by atoms with E-state index in [1.165, 1.54) is 11.0 Å². The highest BCUT2D eigenvalue weighted by Gasteiger charge is 2.62. The number of hydrogen-bond acceptors (Lipinski definition) is 8. The lowest BCUT2D eigenvalue weighted by molar-refractivity contribution is -0.143. The molecule has 5 atom stereocenters. The minimum absolute atomic E-state index is 0.00719. The standard InChI is InChI=1S/C35H43F2N5O8S/c1-2-23-17-35(23,33(46)40-51(48,49)25-13-14-25)39-31(44)28-15-24-19-42(28)32(45)27(16-29(36)37)38-30(43)12-7-5-3-4-6-9-21-10-8-11-22-18-41(20-26(21)22)34(47)50-24/h2,6,8-11,23-25,27-29H,1,3-5,7,12-20H2,(H,38,43)(H,39,44)(H,40,46)/b9-6+/t23-,24-,27+,28+,35-/m1/s1. The summed E-state index contributed by atoms with van der Waals surface area (Å²) < 4.78 is 60.6. The number of amides is 5. The molecule has 16 heteroatoms. The summed E-state index contributed by atoms with van der Waals surface area (Å²) in [5.41, 5.74) is 1.23. The third-order valence-corrected chi connectivity index (χ3v) is 12.1. The Bertz CT molecular complexity index is 1730. The number of carbonyl (C=O) groups excluding carboxylic acids is 5.